The Morgan fingerprint density at radius 1 is 1.06 bits per heavy atom. The molecular formula is C26H28N4O4S. The number of methoxy groups -OCH3 is 2. The number of rotatable bonds is 9. The first-order valence-corrected chi connectivity index (χ1v) is 12.0. The molecule has 0 saturated carbocycles. The second-order valence-electron chi connectivity index (χ2n) is 8.18. The first-order chi connectivity index (χ1) is 17.0. The van der Waals surface area contributed by atoms with Gasteiger partial charge in [-0.2, -0.15) is 5.10 Å². The molecule has 35 heavy (non-hydrogen) atoms. The van der Waals surface area contributed by atoms with Crippen molar-refractivity contribution in [3.63, 3.8) is 0 Å². The maximum atomic E-state index is 13.4. The van der Waals surface area contributed by atoms with E-state index in [1.165, 1.54) is 5.01 Å². The van der Waals surface area contributed by atoms with Crippen molar-refractivity contribution in [1.29, 1.82) is 0 Å². The zero-order chi connectivity index (χ0) is 24.8. The summed E-state index contributed by atoms with van der Waals surface area (Å²) in [7, 11) is 4.92. The highest BCUT2D eigenvalue weighted by Gasteiger charge is 2.34. The molecule has 1 aromatic heterocycles. The van der Waals surface area contributed by atoms with E-state index < -0.39 is 0 Å². The van der Waals surface area contributed by atoms with Crippen LogP contribution in [0.3, 0.4) is 0 Å². The molecular weight excluding hydrogens is 464 g/mol. The van der Waals surface area contributed by atoms with Crippen LogP contribution in [0.5, 0.6) is 11.5 Å². The molecule has 0 aliphatic carbocycles. The highest BCUT2D eigenvalue weighted by molar-refractivity contribution is 7.12. The number of hydrazone groups is 1. The summed E-state index contributed by atoms with van der Waals surface area (Å²) in [6.45, 7) is 0.129. The van der Waals surface area contributed by atoms with Crippen molar-refractivity contribution >= 4 is 34.6 Å². The molecule has 182 valence electrons. The fourth-order valence-electron chi connectivity index (χ4n) is 3.98. The third-order valence-electron chi connectivity index (χ3n) is 5.64. The lowest BCUT2D eigenvalue weighted by Crippen LogP contribution is -2.39. The van der Waals surface area contributed by atoms with Crippen LogP contribution < -0.4 is 14.8 Å². The van der Waals surface area contributed by atoms with Gasteiger partial charge in [0.25, 0.3) is 5.91 Å². The molecule has 0 radical (unpaired) electrons. The zero-order valence-corrected chi connectivity index (χ0v) is 20.7. The van der Waals surface area contributed by atoms with Crippen LogP contribution in [0.2, 0.25) is 0 Å². The number of nitrogens with zero attached hydrogens (tertiary/aromatic N) is 3. The predicted molar refractivity (Wildman–Crippen MR) is 137 cm³/mol. The molecule has 9 heteroatoms. The van der Waals surface area contributed by atoms with Gasteiger partial charge in [-0.15, -0.1) is 11.3 Å². The van der Waals surface area contributed by atoms with Crippen molar-refractivity contribution in [2.75, 3.05) is 39.7 Å². The van der Waals surface area contributed by atoms with E-state index in [-0.39, 0.29) is 30.9 Å². The van der Waals surface area contributed by atoms with Crippen LogP contribution in [0.4, 0.5) is 5.69 Å². The van der Waals surface area contributed by atoms with Crippen molar-refractivity contribution in [2.24, 2.45) is 5.10 Å². The molecule has 1 aliphatic rings. The number of hydrogen-bond donors (Lipinski definition) is 1. The number of likely N-dealkylation sites (N-methyl/N-ethyl adjacent to an activating group) is 1. The van der Waals surface area contributed by atoms with E-state index in [1.54, 1.807) is 37.5 Å². The van der Waals surface area contributed by atoms with Crippen LogP contribution in [-0.4, -0.2) is 61.8 Å². The molecule has 1 aliphatic heterocycles. The summed E-state index contributed by atoms with van der Waals surface area (Å²) in [5.74, 6) is 0.839. The number of carbonyl (C=O) groups excluding carboxylic acids is 2. The Morgan fingerprint density at radius 2 is 1.83 bits per heavy atom. The van der Waals surface area contributed by atoms with Gasteiger partial charge in [-0.25, -0.2) is 5.01 Å². The van der Waals surface area contributed by atoms with E-state index in [9.17, 15) is 9.59 Å². The molecule has 2 heterocycles. The number of hydrogen-bond acceptors (Lipinski definition) is 7. The number of carbonyl (C=O) groups is 2. The van der Waals surface area contributed by atoms with Gasteiger partial charge in [0.2, 0.25) is 5.91 Å². The van der Waals surface area contributed by atoms with Crippen LogP contribution in [-0.2, 0) is 9.59 Å². The third kappa shape index (κ3) is 5.87. The molecule has 1 unspecified atom stereocenters. The van der Waals surface area contributed by atoms with Crippen molar-refractivity contribution in [3.05, 3.63) is 76.5 Å². The molecule has 0 fully saturated rings. The van der Waals surface area contributed by atoms with Crippen molar-refractivity contribution < 1.29 is 19.1 Å². The summed E-state index contributed by atoms with van der Waals surface area (Å²) >= 11 is 1.59. The van der Waals surface area contributed by atoms with Crippen molar-refractivity contribution in [2.45, 2.75) is 12.5 Å². The first kappa shape index (κ1) is 24.4. The average Bonchev–Trinajstić information content (AvgIpc) is 3.54. The second-order valence-corrected chi connectivity index (χ2v) is 9.13. The van der Waals surface area contributed by atoms with Gasteiger partial charge in [0.15, 0.2) is 11.5 Å². The van der Waals surface area contributed by atoms with Crippen molar-refractivity contribution in [1.82, 2.24) is 9.91 Å². The van der Waals surface area contributed by atoms with Crippen LogP contribution >= 0.6 is 11.3 Å². The SMILES string of the molecule is COc1ccc(C2CC(c3cccs3)=NN2C(=O)CN(C)CC(=O)Nc2ccccc2)cc1OC. The van der Waals surface area contributed by atoms with E-state index >= 15 is 0 Å². The number of para-hydroxylation sites is 1. The van der Waals surface area contributed by atoms with Crippen molar-refractivity contribution in [3.8, 4) is 11.5 Å². The van der Waals surface area contributed by atoms with Gasteiger partial charge in [0.05, 0.1) is 43.9 Å². The second kappa shape index (κ2) is 11.2. The monoisotopic (exact) mass is 492 g/mol. The number of benzene rings is 2. The van der Waals surface area contributed by atoms with Gasteiger partial charge in [0, 0.05) is 12.1 Å². The van der Waals surface area contributed by atoms with E-state index in [1.807, 2.05) is 66.0 Å². The minimum absolute atomic E-state index is 0.0488. The molecule has 2 aromatic carbocycles. The lowest BCUT2D eigenvalue weighted by atomic mass is 10.0. The van der Waals surface area contributed by atoms with Gasteiger partial charge in [-0.1, -0.05) is 30.3 Å². The predicted octanol–water partition coefficient (Wildman–Crippen LogP) is 4.01. The minimum atomic E-state index is -0.286. The van der Waals surface area contributed by atoms with Crippen LogP contribution in [0, 0.1) is 0 Å². The number of anilines is 1. The highest BCUT2D eigenvalue weighted by atomic mass is 32.1. The van der Waals surface area contributed by atoms with Gasteiger partial charge in [-0.05, 0) is 48.3 Å². The number of thiophene rings is 1. The molecule has 1 N–H and O–H groups in total. The Hall–Kier alpha value is -3.69. The Balaban J connectivity index is 1.49. The summed E-state index contributed by atoms with van der Waals surface area (Å²) in [5, 5.41) is 11.1. The average molecular weight is 493 g/mol. The molecule has 0 bridgehead atoms. The Kier molecular flexibility index (Phi) is 7.79. The van der Waals surface area contributed by atoms with Crippen LogP contribution in [0.25, 0.3) is 0 Å². The molecule has 3 aromatic rings. The lowest BCUT2D eigenvalue weighted by molar-refractivity contribution is -0.134. The number of ether oxygens (including phenoxy) is 2. The largest absolute Gasteiger partial charge is 0.493 e. The fraction of sp³-hybridized carbons (Fsp3) is 0.269. The van der Waals surface area contributed by atoms with E-state index in [0.29, 0.717) is 17.9 Å². The van der Waals surface area contributed by atoms with E-state index in [0.717, 1.165) is 21.8 Å². The summed E-state index contributed by atoms with van der Waals surface area (Å²) < 4.78 is 10.8. The molecule has 0 spiro atoms. The Labute approximate surface area is 208 Å². The standard InChI is InChI=1S/C26H28N4O4S/c1-29(16-25(31)27-19-8-5-4-6-9-19)17-26(32)30-21(15-20(28-30)24-10-7-13-35-24)18-11-12-22(33-2)23(14-18)34-3/h4-14,21H,15-17H2,1-3H3,(H,27,31). The highest BCUT2D eigenvalue weighted by Crippen LogP contribution is 2.37. The molecule has 8 nitrogen and oxygen atoms in total. The van der Waals surface area contributed by atoms with Gasteiger partial charge in [-0.3, -0.25) is 14.5 Å². The lowest BCUT2D eigenvalue weighted by Gasteiger charge is -2.25. The Bertz CT molecular complexity index is 1200. The summed E-state index contributed by atoms with van der Waals surface area (Å²) in [5.41, 5.74) is 2.48. The molecule has 1 atom stereocenters. The summed E-state index contributed by atoms with van der Waals surface area (Å²) in [6.07, 6.45) is 0.583. The summed E-state index contributed by atoms with van der Waals surface area (Å²) in [6, 6.07) is 18.6. The molecule has 4 rings (SSSR count). The quantitative estimate of drug-likeness (QED) is 0.488. The first-order valence-electron chi connectivity index (χ1n) is 11.2. The van der Waals surface area contributed by atoms with E-state index in [4.69, 9.17) is 14.6 Å². The number of nitrogens with one attached hydrogen (secondary N) is 1. The van der Waals surface area contributed by atoms with Gasteiger partial charge in [0.1, 0.15) is 0 Å². The van der Waals surface area contributed by atoms with Crippen LogP contribution in [0.1, 0.15) is 22.9 Å². The third-order valence-corrected chi connectivity index (χ3v) is 6.56. The van der Waals surface area contributed by atoms with Gasteiger partial charge >= 0.3 is 0 Å². The van der Waals surface area contributed by atoms with E-state index in [2.05, 4.69) is 5.32 Å². The molecule has 0 saturated heterocycles. The normalized spacial score (nSPS) is 15.1. The Morgan fingerprint density at radius 3 is 2.51 bits per heavy atom. The van der Waals surface area contributed by atoms with Gasteiger partial charge < -0.3 is 14.8 Å². The smallest absolute Gasteiger partial charge is 0.257 e. The maximum absolute atomic E-state index is 13.4. The minimum Gasteiger partial charge on any atom is -0.493 e. The number of amides is 2. The maximum Gasteiger partial charge on any atom is 0.257 e. The topological polar surface area (TPSA) is 83.5 Å². The van der Waals surface area contributed by atoms with Crippen LogP contribution in [0.15, 0.2) is 71.1 Å². The summed E-state index contributed by atoms with van der Waals surface area (Å²) in [4.78, 5) is 28.5. The fourth-order valence-corrected chi connectivity index (χ4v) is 4.70. The molecule has 2 amide bonds. The zero-order valence-electron chi connectivity index (χ0n) is 19.9.